The fourth-order valence-corrected chi connectivity index (χ4v) is 2.50. The van der Waals surface area contributed by atoms with Crippen LogP contribution >= 0.6 is 11.8 Å². The van der Waals surface area contributed by atoms with Crippen LogP contribution in [0.25, 0.3) is 11.4 Å². The molecule has 0 unspecified atom stereocenters. The van der Waals surface area contributed by atoms with Gasteiger partial charge in [-0.3, -0.25) is 0 Å². The van der Waals surface area contributed by atoms with Crippen molar-refractivity contribution in [3.63, 3.8) is 0 Å². The first kappa shape index (κ1) is 14.2. The van der Waals surface area contributed by atoms with Crippen LogP contribution in [0, 0.1) is 11.3 Å². The summed E-state index contributed by atoms with van der Waals surface area (Å²) in [5.74, 6) is 8.07. The number of ether oxygens (including phenoxy) is 1. The Hall–Kier alpha value is -2.20. The first-order chi connectivity index (χ1) is 9.77. The minimum absolute atomic E-state index is 0.533. The third-order valence-electron chi connectivity index (χ3n) is 2.68. The quantitative estimate of drug-likeness (QED) is 0.497. The molecule has 20 heavy (non-hydrogen) atoms. The number of nitrogens with zero attached hydrogens (tertiary/aromatic N) is 4. The number of hydrogen-bond donors (Lipinski definition) is 1. The van der Waals surface area contributed by atoms with Crippen LogP contribution in [0.2, 0.25) is 0 Å². The van der Waals surface area contributed by atoms with Gasteiger partial charge in [-0.15, -0.1) is 10.2 Å². The second-order valence-corrected chi connectivity index (χ2v) is 5.05. The molecule has 104 valence electrons. The minimum atomic E-state index is 0.533. The molecule has 0 bridgehead atoms. The van der Waals surface area contributed by atoms with Crippen molar-refractivity contribution in [2.45, 2.75) is 18.0 Å². The number of nitrogen functional groups attached to an aromatic ring is 1. The maximum absolute atomic E-state index is 8.50. The lowest BCUT2D eigenvalue weighted by molar-refractivity contribution is 0.416. The van der Waals surface area contributed by atoms with Crippen LogP contribution in [0.4, 0.5) is 0 Å². The van der Waals surface area contributed by atoms with E-state index in [-0.39, 0.29) is 0 Å². The molecule has 0 amide bonds. The molecule has 0 radical (unpaired) electrons. The van der Waals surface area contributed by atoms with Gasteiger partial charge in [-0.05, 0) is 18.6 Å². The largest absolute Gasteiger partial charge is 0.496 e. The van der Waals surface area contributed by atoms with E-state index in [4.69, 9.17) is 15.8 Å². The summed E-state index contributed by atoms with van der Waals surface area (Å²) in [6, 6.07) is 9.63. The molecule has 7 heteroatoms. The maximum Gasteiger partial charge on any atom is 0.210 e. The van der Waals surface area contributed by atoms with Gasteiger partial charge in [-0.2, -0.15) is 5.26 Å². The van der Waals surface area contributed by atoms with Gasteiger partial charge in [-0.1, -0.05) is 23.9 Å². The van der Waals surface area contributed by atoms with Crippen molar-refractivity contribution in [3.8, 4) is 23.2 Å². The molecule has 1 heterocycles. The van der Waals surface area contributed by atoms with Gasteiger partial charge in [0.1, 0.15) is 5.75 Å². The molecule has 2 aromatic rings. The van der Waals surface area contributed by atoms with Crippen molar-refractivity contribution in [3.05, 3.63) is 24.3 Å². The fourth-order valence-electron chi connectivity index (χ4n) is 1.70. The Morgan fingerprint density at radius 2 is 2.20 bits per heavy atom. The molecule has 0 saturated heterocycles. The zero-order valence-electron chi connectivity index (χ0n) is 11.1. The molecule has 0 saturated carbocycles. The van der Waals surface area contributed by atoms with Gasteiger partial charge in [0.05, 0.1) is 18.7 Å². The average molecular weight is 289 g/mol. The number of hydrogen-bond acceptors (Lipinski definition) is 6. The lowest BCUT2D eigenvalue weighted by Crippen LogP contribution is -2.12. The number of rotatable bonds is 6. The van der Waals surface area contributed by atoms with E-state index in [0.29, 0.717) is 23.2 Å². The van der Waals surface area contributed by atoms with Crippen molar-refractivity contribution >= 4 is 11.8 Å². The molecule has 2 rings (SSSR count). The van der Waals surface area contributed by atoms with E-state index in [1.807, 2.05) is 24.3 Å². The lowest BCUT2D eigenvalue weighted by atomic mass is 10.2. The first-order valence-corrected chi connectivity index (χ1v) is 7.10. The fraction of sp³-hybridized carbons (Fsp3) is 0.308. The van der Waals surface area contributed by atoms with E-state index >= 15 is 0 Å². The highest BCUT2D eigenvalue weighted by Gasteiger charge is 2.15. The van der Waals surface area contributed by atoms with Crippen molar-refractivity contribution in [1.82, 2.24) is 14.9 Å². The number of aromatic nitrogens is 3. The number of nitriles is 1. The Balaban J connectivity index is 2.18. The second kappa shape index (κ2) is 6.82. The monoisotopic (exact) mass is 289 g/mol. The van der Waals surface area contributed by atoms with Crippen LogP contribution in [0.1, 0.15) is 12.8 Å². The van der Waals surface area contributed by atoms with Gasteiger partial charge in [0.25, 0.3) is 0 Å². The van der Waals surface area contributed by atoms with E-state index in [1.54, 1.807) is 7.11 Å². The van der Waals surface area contributed by atoms with E-state index in [0.717, 1.165) is 17.7 Å². The summed E-state index contributed by atoms with van der Waals surface area (Å²) in [4.78, 5) is 0. The van der Waals surface area contributed by atoms with Crippen LogP contribution in [-0.2, 0) is 0 Å². The van der Waals surface area contributed by atoms with Crippen molar-refractivity contribution in [2.75, 3.05) is 18.7 Å². The number of nitrogens with two attached hydrogens (primary N) is 1. The molecule has 0 atom stereocenters. The van der Waals surface area contributed by atoms with Crippen molar-refractivity contribution in [1.29, 1.82) is 5.26 Å². The van der Waals surface area contributed by atoms with Gasteiger partial charge in [-0.25, -0.2) is 4.68 Å². The highest BCUT2D eigenvalue weighted by atomic mass is 32.2. The molecule has 0 aliphatic carbocycles. The SMILES string of the molecule is COc1ccccc1-c1nnc(SCCCC#N)n1N. The number of para-hydroxylation sites is 1. The summed E-state index contributed by atoms with van der Waals surface area (Å²) in [6.07, 6.45) is 1.34. The predicted octanol–water partition coefficient (Wildman–Crippen LogP) is 2.06. The molecule has 0 aliphatic heterocycles. The Kier molecular flexibility index (Phi) is 4.85. The second-order valence-electron chi connectivity index (χ2n) is 3.99. The Bertz CT molecular complexity index is 619. The molecule has 1 aromatic carbocycles. The molecule has 6 nitrogen and oxygen atoms in total. The number of thioether (sulfide) groups is 1. The number of unbranched alkanes of at least 4 members (excludes halogenated alkanes) is 1. The molecule has 0 aliphatic rings. The Morgan fingerprint density at radius 3 is 2.95 bits per heavy atom. The lowest BCUT2D eigenvalue weighted by Gasteiger charge is -2.07. The van der Waals surface area contributed by atoms with Gasteiger partial charge in [0.15, 0.2) is 5.82 Å². The van der Waals surface area contributed by atoms with Gasteiger partial charge < -0.3 is 10.6 Å². The van der Waals surface area contributed by atoms with Crippen LogP contribution < -0.4 is 10.6 Å². The summed E-state index contributed by atoms with van der Waals surface area (Å²) in [7, 11) is 1.60. The predicted molar refractivity (Wildman–Crippen MR) is 77.7 cm³/mol. The third kappa shape index (κ3) is 3.03. The zero-order valence-corrected chi connectivity index (χ0v) is 11.9. The average Bonchev–Trinajstić information content (AvgIpc) is 2.85. The van der Waals surface area contributed by atoms with E-state index in [9.17, 15) is 0 Å². The maximum atomic E-state index is 8.50. The molecule has 2 N–H and O–H groups in total. The van der Waals surface area contributed by atoms with Crippen LogP contribution in [0.3, 0.4) is 0 Å². The first-order valence-electron chi connectivity index (χ1n) is 6.11. The summed E-state index contributed by atoms with van der Waals surface area (Å²) < 4.78 is 6.75. The highest BCUT2D eigenvalue weighted by molar-refractivity contribution is 7.99. The van der Waals surface area contributed by atoms with E-state index in [2.05, 4.69) is 16.3 Å². The molecular weight excluding hydrogens is 274 g/mol. The van der Waals surface area contributed by atoms with Crippen LogP contribution in [-0.4, -0.2) is 27.7 Å². The molecule has 1 aromatic heterocycles. The Labute approximate surface area is 121 Å². The Morgan fingerprint density at radius 1 is 1.40 bits per heavy atom. The summed E-state index contributed by atoms with van der Waals surface area (Å²) >= 11 is 1.49. The van der Waals surface area contributed by atoms with Gasteiger partial charge in [0.2, 0.25) is 5.16 Å². The van der Waals surface area contributed by atoms with Gasteiger partial charge >= 0.3 is 0 Å². The summed E-state index contributed by atoms with van der Waals surface area (Å²) in [5.41, 5.74) is 0.800. The van der Waals surface area contributed by atoms with Crippen molar-refractivity contribution < 1.29 is 4.74 Å². The van der Waals surface area contributed by atoms with Gasteiger partial charge in [0, 0.05) is 12.2 Å². The third-order valence-corrected chi connectivity index (χ3v) is 3.71. The highest BCUT2D eigenvalue weighted by Crippen LogP contribution is 2.29. The standard InChI is InChI=1S/C13H15N5OS/c1-19-11-7-3-2-6-10(11)12-16-17-13(18(12)15)20-9-5-4-8-14/h2-3,6-7H,4-5,9,15H2,1H3. The zero-order chi connectivity index (χ0) is 14.4. The normalized spacial score (nSPS) is 10.2. The van der Waals surface area contributed by atoms with Crippen LogP contribution in [0.15, 0.2) is 29.4 Å². The smallest absolute Gasteiger partial charge is 0.210 e. The molecular formula is C13H15N5OS. The van der Waals surface area contributed by atoms with E-state index < -0.39 is 0 Å². The molecule has 0 fully saturated rings. The molecule has 0 spiro atoms. The summed E-state index contributed by atoms with van der Waals surface area (Å²) in [5, 5.41) is 17.3. The van der Waals surface area contributed by atoms with Crippen molar-refractivity contribution in [2.24, 2.45) is 0 Å². The number of methoxy groups -OCH3 is 1. The minimum Gasteiger partial charge on any atom is -0.496 e. The topological polar surface area (TPSA) is 89.8 Å². The van der Waals surface area contributed by atoms with Crippen LogP contribution in [0.5, 0.6) is 5.75 Å². The van der Waals surface area contributed by atoms with E-state index in [1.165, 1.54) is 16.4 Å². The number of benzene rings is 1. The summed E-state index contributed by atoms with van der Waals surface area (Å²) in [6.45, 7) is 0.